The van der Waals surface area contributed by atoms with Crippen molar-refractivity contribution in [3.8, 4) is 0 Å². The SMILES string of the molecule is CCN(c1ccc(C(C)N)nc1)c1ccccc1F. The predicted molar refractivity (Wildman–Crippen MR) is 75.9 cm³/mol. The van der Waals surface area contributed by atoms with Crippen LogP contribution >= 0.6 is 0 Å². The number of nitrogens with two attached hydrogens (primary N) is 1. The number of rotatable bonds is 4. The van der Waals surface area contributed by atoms with Crippen LogP contribution in [0.25, 0.3) is 0 Å². The van der Waals surface area contributed by atoms with Crippen LogP contribution in [0, 0.1) is 5.82 Å². The summed E-state index contributed by atoms with van der Waals surface area (Å²) in [6, 6.07) is 10.4. The van der Waals surface area contributed by atoms with Gasteiger partial charge < -0.3 is 10.6 Å². The van der Waals surface area contributed by atoms with Gasteiger partial charge in [-0.25, -0.2) is 4.39 Å². The van der Waals surface area contributed by atoms with E-state index in [-0.39, 0.29) is 11.9 Å². The number of hydrogen-bond donors (Lipinski definition) is 1. The van der Waals surface area contributed by atoms with Gasteiger partial charge in [0.1, 0.15) is 5.82 Å². The molecule has 100 valence electrons. The van der Waals surface area contributed by atoms with Crippen molar-refractivity contribution >= 4 is 11.4 Å². The topological polar surface area (TPSA) is 42.1 Å². The molecule has 0 radical (unpaired) electrons. The van der Waals surface area contributed by atoms with Gasteiger partial charge in [-0.15, -0.1) is 0 Å². The molecule has 0 saturated heterocycles. The van der Waals surface area contributed by atoms with Crippen molar-refractivity contribution in [2.24, 2.45) is 5.73 Å². The van der Waals surface area contributed by atoms with E-state index in [1.807, 2.05) is 36.9 Å². The van der Waals surface area contributed by atoms with Gasteiger partial charge in [-0.1, -0.05) is 12.1 Å². The van der Waals surface area contributed by atoms with Crippen LogP contribution in [0.3, 0.4) is 0 Å². The van der Waals surface area contributed by atoms with Crippen molar-refractivity contribution < 1.29 is 4.39 Å². The van der Waals surface area contributed by atoms with Crippen LogP contribution in [-0.2, 0) is 0 Å². The van der Waals surface area contributed by atoms with E-state index in [1.165, 1.54) is 6.07 Å². The van der Waals surface area contributed by atoms with Gasteiger partial charge in [0.15, 0.2) is 0 Å². The normalized spacial score (nSPS) is 12.2. The number of pyridine rings is 1. The third-order valence-corrected chi connectivity index (χ3v) is 3.01. The minimum atomic E-state index is -0.236. The molecular formula is C15H18FN3. The minimum Gasteiger partial charge on any atom is -0.338 e. The summed E-state index contributed by atoms with van der Waals surface area (Å²) < 4.78 is 13.8. The molecule has 19 heavy (non-hydrogen) atoms. The van der Waals surface area contributed by atoms with Crippen LogP contribution in [0.5, 0.6) is 0 Å². The lowest BCUT2D eigenvalue weighted by Crippen LogP contribution is -2.18. The Kier molecular flexibility index (Phi) is 4.12. The van der Waals surface area contributed by atoms with Crippen molar-refractivity contribution in [2.45, 2.75) is 19.9 Å². The van der Waals surface area contributed by atoms with Crippen molar-refractivity contribution in [3.05, 3.63) is 54.1 Å². The molecule has 3 nitrogen and oxygen atoms in total. The summed E-state index contributed by atoms with van der Waals surface area (Å²) in [6.45, 7) is 4.53. The zero-order valence-electron chi connectivity index (χ0n) is 11.2. The summed E-state index contributed by atoms with van der Waals surface area (Å²) in [5, 5.41) is 0. The molecule has 1 aromatic carbocycles. The first-order valence-electron chi connectivity index (χ1n) is 6.37. The highest BCUT2D eigenvalue weighted by Crippen LogP contribution is 2.27. The third-order valence-electron chi connectivity index (χ3n) is 3.01. The molecule has 1 atom stereocenters. The van der Waals surface area contributed by atoms with Crippen LogP contribution in [0.15, 0.2) is 42.6 Å². The highest BCUT2D eigenvalue weighted by molar-refractivity contribution is 5.62. The van der Waals surface area contributed by atoms with E-state index >= 15 is 0 Å². The van der Waals surface area contributed by atoms with Gasteiger partial charge in [-0.2, -0.15) is 0 Å². The Bertz CT molecular complexity index is 537. The van der Waals surface area contributed by atoms with Gasteiger partial charge in [-0.05, 0) is 38.1 Å². The van der Waals surface area contributed by atoms with Gasteiger partial charge in [0.2, 0.25) is 0 Å². The van der Waals surface area contributed by atoms with Crippen LogP contribution in [-0.4, -0.2) is 11.5 Å². The fourth-order valence-corrected chi connectivity index (χ4v) is 1.99. The maximum Gasteiger partial charge on any atom is 0.146 e. The Balaban J connectivity index is 2.35. The van der Waals surface area contributed by atoms with E-state index in [4.69, 9.17) is 5.73 Å². The molecule has 4 heteroatoms. The molecular weight excluding hydrogens is 241 g/mol. The molecule has 1 unspecified atom stereocenters. The highest BCUT2D eigenvalue weighted by Gasteiger charge is 2.12. The second kappa shape index (κ2) is 5.80. The number of para-hydroxylation sites is 1. The first-order valence-corrected chi connectivity index (χ1v) is 6.37. The molecule has 0 aliphatic heterocycles. The summed E-state index contributed by atoms with van der Waals surface area (Å²) in [5.41, 5.74) is 8.01. The lowest BCUT2D eigenvalue weighted by atomic mass is 10.2. The molecule has 0 fully saturated rings. The molecule has 0 aliphatic rings. The molecule has 1 heterocycles. The molecule has 0 amide bonds. The summed E-state index contributed by atoms with van der Waals surface area (Å²) in [7, 11) is 0. The Morgan fingerprint density at radius 1 is 1.26 bits per heavy atom. The number of aromatic nitrogens is 1. The van der Waals surface area contributed by atoms with Crippen molar-refractivity contribution in [1.29, 1.82) is 0 Å². The zero-order chi connectivity index (χ0) is 13.8. The highest BCUT2D eigenvalue weighted by atomic mass is 19.1. The van der Waals surface area contributed by atoms with E-state index in [0.29, 0.717) is 12.2 Å². The average Bonchev–Trinajstić information content (AvgIpc) is 2.42. The van der Waals surface area contributed by atoms with E-state index in [9.17, 15) is 4.39 Å². The third kappa shape index (κ3) is 2.90. The van der Waals surface area contributed by atoms with Gasteiger partial charge >= 0.3 is 0 Å². The lowest BCUT2D eigenvalue weighted by Gasteiger charge is -2.23. The molecule has 1 aromatic heterocycles. The van der Waals surface area contributed by atoms with Gasteiger partial charge in [0.25, 0.3) is 0 Å². The van der Waals surface area contributed by atoms with Crippen LogP contribution in [0.2, 0.25) is 0 Å². The number of benzene rings is 1. The average molecular weight is 259 g/mol. The first kappa shape index (κ1) is 13.5. The molecule has 2 rings (SSSR count). The second-order valence-electron chi connectivity index (χ2n) is 4.43. The second-order valence-corrected chi connectivity index (χ2v) is 4.43. The minimum absolute atomic E-state index is 0.0995. The van der Waals surface area contributed by atoms with E-state index < -0.39 is 0 Å². The van der Waals surface area contributed by atoms with Gasteiger partial charge in [-0.3, -0.25) is 4.98 Å². The Morgan fingerprint density at radius 3 is 2.53 bits per heavy atom. The number of halogens is 1. The van der Waals surface area contributed by atoms with Crippen molar-refractivity contribution in [1.82, 2.24) is 4.98 Å². The van der Waals surface area contributed by atoms with Gasteiger partial charge in [0, 0.05) is 12.6 Å². The quantitative estimate of drug-likeness (QED) is 0.915. The van der Waals surface area contributed by atoms with Crippen molar-refractivity contribution in [3.63, 3.8) is 0 Å². The Hall–Kier alpha value is -1.94. The fourth-order valence-electron chi connectivity index (χ4n) is 1.99. The fraction of sp³-hybridized carbons (Fsp3) is 0.267. The molecule has 0 saturated carbocycles. The smallest absolute Gasteiger partial charge is 0.146 e. The van der Waals surface area contributed by atoms with E-state index in [1.54, 1.807) is 18.3 Å². The molecule has 0 spiro atoms. The van der Waals surface area contributed by atoms with Gasteiger partial charge in [0.05, 0.1) is 23.3 Å². The maximum atomic E-state index is 13.8. The molecule has 0 bridgehead atoms. The predicted octanol–water partition coefficient (Wildman–Crippen LogP) is 3.40. The van der Waals surface area contributed by atoms with Crippen molar-refractivity contribution in [2.75, 3.05) is 11.4 Å². The lowest BCUT2D eigenvalue weighted by molar-refractivity contribution is 0.625. The first-order chi connectivity index (χ1) is 9.13. The summed E-state index contributed by atoms with van der Waals surface area (Å²) in [5.74, 6) is -0.236. The molecule has 2 N–H and O–H groups in total. The Morgan fingerprint density at radius 2 is 2.00 bits per heavy atom. The zero-order valence-corrected chi connectivity index (χ0v) is 11.2. The largest absolute Gasteiger partial charge is 0.338 e. The maximum absolute atomic E-state index is 13.8. The van der Waals surface area contributed by atoms with Crippen LogP contribution in [0.4, 0.5) is 15.8 Å². The summed E-state index contributed by atoms with van der Waals surface area (Å²) >= 11 is 0. The number of anilines is 2. The summed E-state index contributed by atoms with van der Waals surface area (Å²) in [4.78, 5) is 6.20. The molecule has 0 aliphatic carbocycles. The number of hydrogen-bond acceptors (Lipinski definition) is 3. The summed E-state index contributed by atoms with van der Waals surface area (Å²) in [6.07, 6.45) is 1.73. The van der Waals surface area contributed by atoms with Crippen LogP contribution < -0.4 is 10.6 Å². The standard InChI is InChI=1S/C15H18FN3/c1-3-19(15-7-5-4-6-13(15)16)12-8-9-14(11(2)17)18-10-12/h4-11H,3,17H2,1-2H3. The monoisotopic (exact) mass is 259 g/mol. The Labute approximate surface area is 112 Å². The molecule has 2 aromatic rings. The van der Waals surface area contributed by atoms with Crippen LogP contribution in [0.1, 0.15) is 25.6 Å². The number of nitrogens with zero attached hydrogens (tertiary/aromatic N) is 2. The van der Waals surface area contributed by atoms with E-state index in [0.717, 1.165) is 11.4 Å². The van der Waals surface area contributed by atoms with E-state index in [2.05, 4.69) is 4.98 Å².